The van der Waals surface area contributed by atoms with Gasteiger partial charge in [0.1, 0.15) is 11.3 Å². The Kier molecular flexibility index (Phi) is 2.38. The number of fused-ring (bicyclic) bond motifs is 3. The normalized spacial score (nSPS) is 11.2. The Bertz CT molecular complexity index is 1030. The molecule has 0 spiro atoms. The highest BCUT2D eigenvalue weighted by molar-refractivity contribution is 6.05. The second-order valence-electron chi connectivity index (χ2n) is 5.03. The molecule has 2 heterocycles. The molecule has 0 aliphatic heterocycles. The number of aromatic amines is 2. The Balaban J connectivity index is 2.05. The van der Waals surface area contributed by atoms with Gasteiger partial charge in [0.2, 0.25) is 0 Å². The number of aromatic hydroxyl groups is 1. The number of benzene rings is 2. The average Bonchev–Trinajstić information content (AvgIpc) is 2.97. The fourth-order valence-corrected chi connectivity index (χ4v) is 2.71. The number of rotatable bonds is 1. The topological polar surface area (TPSA) is 68.9 Å². The fraction of sp³-hybridized carbons (Fsp3) is 0. The molecule has 4 aromatic rings. The molecule has 3 N–H and O–H groups in total. The van der Waals surface area contributed by atoms with E-state index in [1.165, 1.54) is 0 Å². The zero-order valence-electron chi connectivity index (χ0n) is 11.1. The summed E-state index contributed by atoms with van der Waals surface area (Å²) in [5, 5.41) is 11.5. The highest BCUT2D eigenvalue weighted by Crippen LogP contribution is 2.28. The van der Waals surface area contributed by atoms with E-state index in [0.717, 1.165) is 27.4 Å². The number of phenols is 1. The largest absolute Gasteiger partial charge is 0.508 e. The minimum absolute atomic E-state index is 0.118. The molecule has 0 fully saturated rings. The smallest absolute Gasteiger partial charge is 0.272 e. The van der Waals surface area contributed by atoms with Crippen molar-refractivity contribution in [2.45, 2.75) is 0 Å². The van der Waals surface area contributed by atoms with E-state index in [1.54, 1.807) is 18.3 Å². The van der Waals surface area contributed by atoms with Gasteiger partial charge in [-0.3, -0.25) is 4.79 Å². The van der Waals surface area contributed by atoms with Crippen LogP contribution in [0.15, 0.2) is 59.5 Å². The molecule has 0 radical (unpaired) electrons. The van der Waals surface area contributed by atoms with E-state index >= 15 is 0 Å². The van der Waals surface area contributed by atoms with E-state index in [9.17, 15) is 9.90 Å². The summed E-state index contributed by atoms with van der Waals surface area (Å²) in [6, 6.07) is 14.9. The molecule has 0 aliphatic carbocycles. The van der Waals surface area contributed by atoms with Gasteiger partial charge in [-0.1, -0.05) is 18.2 Å². The van der Waals surface area contributed by atoms with Gasteiger partial charge in [0.15, 0.2) is 0 Å². The van der Waals surface area contributed by atoms with Crippen molar-refractivity contribution in [3.05, 3.63) is 65.1 Å². The van der Waals surface area contributed by atoms with Crippen LogP contribution in [0.2, 0.25) is 0 Å². The Morgan fingerprint density at radius 3 is 2.62 bits per heavy atom. The van der Waals surface area contributed by atoms with Gasteiger partial charge in [-0.25, -0.2) is 0 Å². The summed E-state index contributed by atoms with van der Waals surface area (Å²) in [7, 11) is 0. The van der Waals surface area contributed by atoms with Crippen LogP contribution in [0, 0.1) is 0 Å². The molecule has 4 heteroatoms. The molecule has 0 bridgehead atoms. The summed E-state index contributed by atoms with van der Waals surface area (Å²) in [6.45, 7) is 0. The Morgan fingerprint density at radius 1 is 0.905 bits per heavy atom. The van der Waals surface area contributed by atoms with Crippen LogP contribution >= 0.6 is 0 Å². The summed E-state index contributed by atoms with van der Waals surface area (Å²) in [5.41, 5.74) is 3.19. The number of aromatic nitrogens is 2. The van der Waals surface area contributed by atoms with Crippen LogP contribution in [-0.4, -0.2) is 15.1 Å². The minimum atomic E-state index is -0.118. The van der Waals surface area contributed by atoms with Crippen LogP contribution in [0.4, 0.5) is 0 Å². The van der Waals surface area contributed by atoms with Gasteiger partial charge in [0, 0.05) is 22.5 Å². The van der Waals surface area contributed by atoms with Crippen LogP contribution in [0.3, 0.4) is 0 Å². The Labute approximate surface area is 119 Å². The predicted molar refractivity (Wildman–Crippen MR) is 83.5 cm³/mol. The number of hydrogen-bond acceptors (Lipinski definition) is 2. The maximum atomic E-state index is 11.9. The molecular weight excluding hydrogens is 264 g/mol. The van der Waals surface area contributed by atoms with Crippen LogP contribution in [0.25, 0.3) is 32.9 Å². The maximum Gasteiger partial charge on any atom is 0.272 e. The SMILES string of the molecule is O=c1[nH]c2ccc(-c3cccc(O)c3)cc2c2cc[nH]c12. The van der Waals surface area contributed by atoms with Crippen molar-refractivity contribution in [1.29, 1.82) is 0 Å². The lowest BCUT2D eigenvalue weighted by Gasteiger charge is -2.06. The van der Waals surface area contributed by atoms with Crippen molar-refractivity contribution in [3.63, 3.8) is 0 Å². The van der Waals surface area contributed by atoms with Gasteiger partial charge in [0.05, 0.1) is 0 Å². The molecule has 0 aliphatic rings. The highest BCUT2D eigenvalue weighted by atomic mass is 16.3. The van der Waals surface area contributed by atoms with E-state index in [2.05, 4.69) is 9.97 Å². The molecule has 2 aromatic carbocycles. The van der Waals surface area contributed by atoms with Gasteiger partial charge in [-0.15, -0.1) is 0 Å². The van der Waals surface area contributed by atoms with Gasteiger partial charge < -0.3 is 15.1 Å². The first kappa shape index (κ1) is 11.8. The molecule has 0 saturated carbocycles. The number of pyridine rings is 1. The van der Waals surface area contributed by atoms with E-state index < -0.39 is 0 Å². The third-order valence-corrected chi connectivity index (χ3v) is 3.71. The van der Waals surface area contributed by atoms with E-state index in [0.29, 0.717) is 5.52 Å². The van der Waals surface area contributed by atoms with E-state index in [-0.39, 0.29) is 11.3 Å². The van der Waals surface area contributed by atoms with Crippen molar-refractivity contribution in [3.8, 4) is 16.9 Å². The third kappa shape index (κ3) is 1.80. The maximum absolute atomic E-state index is 11.9. The van der Waals surface area contributed by atoms with E-state index in [1.807, 2.05) is 36.4 Å². The first-order valence-corrected chi connectivity index (χ1v) is 6.65. The van der Waals surface area contributed by atoms with Crippen molar-refractivity contribution in [2.75, 3.05) is 0 Å². The molecule has 102 valence electrons. The summed E-state index contributed by atoms with van der Waals surface area (Å²) >= 11 is 0. The van der Waals surface area contributed by atoms with Crippen LogP contribution in [-0.2, 0) is 0 Å². The van der Waals surface area contributed by atoms with Gasteiger partial charge >= 0.3 is 0 Å². The van der Waals surface area contributed by atoms with Crippen molar-refractivity contribution in [1.82, 2.24) is 9.97 Å². The summed E-state index contributed by atoms with van der Waals surface area (Å²) in [6.07, 6.45) is 1.76. The summed E-state index contributed by atoms with van der Waals surface area (Å²) in [4.78, 5) is 17.8. The summed E-state index contributed by atoms with van der Waals surface area (Å²) in [5.74, 6) is 0.237. The van der Waals surface area contributed by atoms with E-state index in [4.69, 9.17) is 0 Å². The average molecular weight is 276 g/mol. The van der Waals surface area contributed by atoms with Crippen molar-refractivity contribution < 1.29 is 5.11 Å². The summed E-state index contributed by atoms with van der Waals surface area (Å²) < 4.78 is 0. The quantitative estimate of drug-likeness (QED) is 0.499. The van der Waals surface area contributed by atoms with Gasteiger partial charge in [-0.05, 0) is 41.5 Å². The molecule has 0 amide bonds. The monoisotopic (exact) mass is 276 g/mol. The zero-order chi connectivity index (χ0) is 14.4. The number of H-pyrrole nitrogens is 2. The van der Waals surface area contributed by atoms with Crippen molar-refractivity contribution in [2.24, 2.45) is 0 Å². The lowest BCUT2D eigenvalue weighted by molar-refractivity contribution is 0.475. The molecule has 4 rings (SSSR count). The van der Waals surface area contributed by atoms with Crippen molar-refractivity contribution >= 4 is 21.8 Å². The molecule has 0 atom stereocenters. The fourth-order valence-electron chi connectivity index (χ4n) is 2.71. The Hall–Kier alpha value is -3.01. The van der Waals surface area contributed by atoms with Crippen LogP contribution in [0.1, 0.15) is 0 Å². The molecule has 0 saturated heterocycles. The molecule has 4 nitrogen and oxygen atoms in total. The molecule has 0 unspecified atom stereocenters. The highest BCUT2D eigenvalue weighted by Gasteiger charge is 2.07. The third-order valence-electron chi connectivity index (χ3n) is 3.71. The minimum Gasteiger partial charge on any atom is -0.508 e. The zero-order valence-corrected chi connectivity index (χ0v) is 11.1. The molecular formula is C17H12N2O2. The second-order valence-corrected chi connectivity index (χ2v) is 5.03. The Morgan fingerprint density at radius 2 is 1.76 bits per heavy atom. The second kappa shape index (κ2) is 4.24. The van der Waals surface area contributed by atoms with Gasteiger partial charge in [0.25, 0.3) is 5.56 Å². The van der Waals surface area contributed by atoms with Crippen LogP contribution < -0.4 is 5.56 Å². The van der Waals surface area contributed by atoms with Crippen LogP contribution in [0.5, 0.6) is 5.75 Å². The molecule has 2 aromatic heterocycles. The first-order valence-electron chi connectivity index (χ1n) is 6.65. The number of nitrogens with one attached hydrogen (secondary N) is 2. The lowest BCUT2D eigenvalue weighted by Crippen LogP contribution is -2.05. The number of phenolic OH excluding ortho intramolecular Hbond substituents is 1. The van der Waals surface area contributed by atoms with Gasteiger partial charge in [-0.2, -0.15) is 0 Å². The first-order chi connectivity index (χ1) is 10.2. The predicted octanol–water partition coefficient (Wildman–Crippen LogP) is 3.38. The standard InChI is InChI=1S/C17H12N2O2/c20-12-3-1-2-10(8-12)11-4-5-15-14(9-11)13-6-7-18-16(13)17(21)19-15/h1-9,18,20H,(H,19,21). The number of hydrogen-bond donors (Lipinski definition) is 3. The lowest BCUT2D eigenvalue weighted by atomic mass is 10.0. The molecule has 21 heavy (non-hydrogen) atoms.